The Balaban J connectivity index is 1.44. The number of amides is 3. The molecule has 2 aromatic carbocycles. The summed E-state index contributed by atoms with van der Waals surface area (Å²) >= 11 is 1.33. The Labute approximate surface area is 173 Å². The zero-order valence-corrected chi connectivity index (χ0v) is 17.1. The smallest absolute Gasteiger partial charge is 0.325 e. The number of rotatable bonds is 7. The van der Waals surface area contributed by atoms with Gasteiger partial charge in [-0.05, 0) is 42.8 Å². The fourth-order valence-corrected chi connectivity index (χ4v) is 3.31. The molecular weight excluding hydrogens is 386 g/mol. The quantitative estimate of drug-likeness (QED) is 0.539. The van der Waals surface area contributed by atoms with Crippen molar-refractivity contribution in [3.63, 3.8) is 0 Å². The molecule has 0 aliphatic carbocycles. The average Bonchev–Trinajstić information content (AvgIpc) is 3.14. The average molecular weight is 410 g/mol. The molecular formula is C21H23N5O2S. The van der Waals surface area contributed by atoms with Gasteiger partial charge >= 0.3 is 6.03 Å². The maximum Gasteiger partial charge on any atom is 0.325 e. The van der Waals surface area contributed by atoms with E-state index in [2.05, 4.69) is 20.9 Å². The first-order chi connectivity index (χ1) is 14.0. The van der Waals surface area contributed by atoms with Gasteiger partial charge in [0.2, 0.25) is 5.91 Å². The van der Waals surface area contributed by atoms with Gasteiger partial charge in [0.25, 0.3) is 0 Å². The third kappa shape index (κ3) is 6.32. The molecule has 3 rings (SSSR count). The second kappa shape index (κ2) is 9.70. The molecule has 0 saturated carbocycles. The first kappa shape index (κ1) is 20.3. The van der Waals surface area contributed by atoms with E-state index in [-0.39, 0.29) is 11.9 Å². The second-order valence-electron chi connectivity index (χ2n) is 6.58. The van der Waals surface area contributed by atoms with E-state index in [9.17, 15) is 9.59 Å². The van der Waals surface area contributed by atoms with Gasteiger partial charge < -0.3 is 15.5 Å². The van der Waals surface area contributed by atoms with E-state index in [1.54, 1.807) is 12.1 Å². The SMILES string of the molecule is CN(C)c1ccc(NC(=O)CCc2csc(NC(=O)Nc3ccccc3)n2)cc1. The molecule has 0 atom stereocenters. The number of thiazole rings is 1. The third-order valence-corrected chi connectivity index (χ3v) is 4.89. The van der Waals surface area contributed by atoms with Crippen LogP contribution in [0.5, 0.6) is 0 Å². The monoisotopic (exact) mass is 409 g/mol. The summed E-state index contributed by atoms with van der Waals surface area (Å²) in [7, 11) is 3.94. The molecule has 0 saturated heterocycles. The van der Waals surface area contributed by atoms with E-state index in [0.29, 0.717) is 23.7 Å². The summed E-state index contributed by atoms with van der Waals surface area (Å²) < 4.78 is 0. The summed E-state index contributed by atoms with van der Waals surface area (Å²) in [6.07, 6.45) is 0.814. The molecule has 0 bridgehead atoms. The van der Waals surface area contributed by atoms with Crippen LogP contribution < -0.4 is 20.9 Å². The molecule has 3 aromatic rings. The molecule has 0 radical (unpaired) electrons. The Morgan fingerprint density at radius 3 is 2.31 bits per heavy atom. The standard InChI is InChI=1S/C21H23N5O2S/c1-26(2)18-11-8-16(9-12-18)22-19(27)13-10-17-14-29-21(24-17)25-20(28)23-15-6-4-3-5-7-15/h3-9,11-12,14H,10,13H2,1-2H3,(H,22,27)(H2,23,24,25,28). The predicted molar refractivity (Wildman–Crippen MR) is 119 cm³/mol. The predicted octanol–water partition coefficient (Wildman–Crippen LogP) is 4.42. The maximum absolute atomic E-state index is 12.2. The van der Waals surface area contributed by atoms with E-state index in [0.717, 1.165) is 17.1 Å². The molecule has 3 amide bonds. The minimum Gasteiger partial charge on any atom is -0.378 e. The molecule has 0 aliphatic heterocycles. The van der Waals surface area contributed by atoms with E-state index >= 15 is 0 Å². The van der Waals surface area contributed by atoms with Crippen LogP contribution in [-0.4, -0.2) is 31.0 Å². The number of nitrogens with zero attached hydrogens (tertiary/aromatic N) is 2. The van der Waals surface area contributed by atoms with Gasteiger partial charge in [0.1, 0.15) is 0 Å². The minimum atomic E-state index is -0.351. The van der Waals surface area contributed by atoms with Crippen LogP contribution in [0.2, 0.25) is 0 Å². The number of urea groups is 1. The van der Waals surface area contributed by atoms with Gasteiger partial charge in [-0.1, -0.05) is 18.2 Å². The maximum atomic E-state index is 12.2. The van der Waals surface area contributed by atoms with Crippen molar-refractivity contribution in [2.24, 2.45) is 0 Å². The number of carbonyl (C=O) groups is 2. The van der Waals surface area contributed by atoms with Gasteiger partial charge in [-0.25, -0.2) is 9.78 Å². The molecule has 0 fully saturated rings. The highest BCUT2D eigenvalue weighted by Gasteiger charge is 2.09. The number of nitrogens with one attached hydrogen (secondary N) is 3. The molecule has 3 N–H and O–H groups in total. The van der Waals surface area contributed by atoms with E-state index in [4.69, 9.17) is 0 Å². The number of carbonyl (C=O) groups excluding carboxylic acids is 2. The lowest BCUT2D eigenvalue weighted by Crippen LogP contribution is -2.19. The van der Waals surface area contributed by atoms with Crippen LogP contribution in [0.25, 0.3) is 0 Å². The second-order valence-corrected chi connectivity index (χ2v) is 7.44. The van der Waals surface area contributed by atoms with Crippen LogP contribution in [-0.2, 0) is 11.2 Å². The highest BCUT2D eigenvalue weighted by Crippen LogP contribution is 2.18. The molecule has 29 heavy (non-hydrogen) atoms. The van der Waals surface area contributed by atoms with Crippen molar-refractivity contribution in [2.75, 3.05) is 34.9 Å². The topological polar surface area (TPSA) is 86.4 Å². The summed E-state index contributed by atoms with van der Waals surface area (Å²) in [6.45, 7) is 0. The van der Waals surface area contributed by atoms with Crippen LogP contribution in [0.3, 0.4) is 0 Å². The van der Waals surface area contributed by atoms with Gasteiger partial charge in [-0.15, -0.1) is 11.3 Å². The summed E-state index contributed by atoms with van der Waals surface area (Å²) in [6, 6.07) is 16.5. The Hall–Kier alpha value is -3.39. The van der Waals surface area contributed by atoms with Gasteiger partial charge in [-0.3, -0.25) is 10.1 Å². The van der Waals surface area contributed by atoms with Crippen molar-refractivity contribution in [1.82, 2.24) is 4.98 Å². The minimum absolute atomic E-state index is 0.0769. The van der Waals surface area contributed by atoms with Crippen molar-refractivity contribution >= 4 is 45.5 Å². The summed E-state index contributed by atoms with van der Waals surface area (Å²) in [5.41, 5.74) is 3.31. The van der Waals surface area contributed by atoms with Gasteiger partial charge in [0.05, 0.1) is 5.69 Å². The van der Waals surface area contributed by atoms with Crippen LogP contribution >= 0.6 is 11.3 Å². The summed E-state index contributed by atoms with van der Waals surface area (Å²) in [5, 5.41) is 10.7. The number of para-hydroxylation sites is 1. The van der Waals surface area contributed by atoms with Crippen molar-refractivity contribution in [2.45, 2.75) is 12.8 Å². The first-order valence-electron chi connectivity index (χ1n) is 9.14. The Kier molecular flexibility index (Phi) is 6.80. The van der Waals surface area contributed by atoms with Crippen molar-refractivity contribution in [3.8, 4) is 0 Å². The van der Waals surface area contributed by atoms with Gasteiger partial charge in [0.15, 0.2) is 5.13 Å². The van der Waals surface area contributed by atoms with E-state index < -0.39 is 0 Å². The molecule has 8 heteroatoms. The Morgan fingerprint density at radius 1 is 0.931 bits per heavy atom. The largest absolute Gasteiger partial charge is 0.378 e. The lowest BCUT2D eigenvalue weighted by Gasteiger charge is -2.13. The van der Waals surface area contributed by atoms with E-state index in [1.807, 2.05) is 66.8 Å². The van der Waals surface area contributed by atoms with Gasteiger partial charge in [-0.2, -0.15) is 0 Å². The number of aromatic nitrogens is 1. The number of benzene rings is 2. The first-order valence-corrected chi connectivity index (χ1v) is 10.0. The summed E-state index contributed by atoms with van der Waals surface area (Å²) in [5.74, 6) is -0.0769. The van der Waals surface area contributed by atoms with Crippen LogP contribution in [0.4, 0.5) is 27.0 Å². The number of hydrogen-bond acceptors (Lipinski definition) is 5. The molecule has 0 unspecified atom stereocenters. The third-order valence-electron chi connectivity index (χ3n) is 4.08. The zero-order chi connectivity index (χ0) is 20.6. The van der Waals surface area contributed by atoms with Crippen LogP contribution in [0.15, 0.2) is 60.0 Å². The highest BCUT2D eigenvalue weighted by atomic mass is 32.1. The number of aryl methyl sites for hydroxylation is 1. The molecule has 7 nitrogen and oxygen atoms in total. The summed E-state index contributed by atoms with van der Waals surface area (Å²) in [4.78, 5) is 30.5. The molecule has 150 valence electrons. The number of anilines is 4. The fourth-order valence-electron chi connectivity index (χ4n) is 2.57. The molecule has 1 aromatic heterocycles. The molecule has 0 aliphatic rings. The normalized spacial score (nSPS) is 10.3. The van der Waals surface area contributed by atoms with Gasteiger partial charge in [0, 0.05) is 43.0 Å². The lowest BCUT2D eigenvalue weighted by atomic mass is 10.2. The van der Waals surface area contributed by atoms with E-state index in [1.165, 1.54) is 11.3 Å². The van der Waals surface area contributed by atoms with Crippen LogP contribution in [0, 0.1) is 0 Å². The zero-order valence-electron chi connectivity index (χ0n) is 16.3. The van der Waals surface area contributed by atoms with Crippen LogP contribution in [0.1, 0.15) is 12.1 Å². The van der Waals surface area contributed by atoms with Crippen molar-refractivity contribution in [3.05, 3.63) is 65.7 Å². The molecule has 0 spiro atoms. The van der Waals surface area contributed by atoms with Crippen molar-refractivity contribution in [1.29, 1.82) is 0 Å². The van der Waals surface area contributed by atoms with Crippen molar-refractivity contribution < 1.29 is 9.59 Å². The molecule has 1 heterocycles. The fraction of sp³-hybridized carbons (Fsp3) is 0.190. The number of hydrogen-bond donors (Lipinski definition) is 3. The lowest BCUT2D eigenvalue weighted by molar-refractivity contribution is -0.116. The Bertz CT molecular complexity index is 955. The Morgan fingerprint density at radius 2 is 1.62 bits per heavy atom. The highest BCUT2D eigenvalue weighted by molar-refractivity contribution is 7.13.